The summed E-state index contributed by atoms with van der Waals surface area (Å²) in [5, 5.41) is 4.12. The molecule has 4 nitrogen and oxygen atoms in total. The molecule has 0 radical (unpaired) electrons. The van der Waals surface area contributed by atoms with E-state index in [9.17, 15) is 8.42 Å². The number of aromatic nitrogens is 1. The summed E-state index contributed by atoms with van der Waals surface area (Å²) in [6.45, 7) is 2.55. The number of pyridine rings is 1. The van der Waals surface area contributed by atoms with Crippen LogP contribution in [0.5, 0.6) is 0 Å². The molecule has 0 unspecified atom stereocenters. The molecule has 0 saturated heterocycles. The summed E-state index contributed by atoms with van der Waals surface area (Å²) in [6, 6.07) is 7.01. The second kappa shape index (κ2) is 5.99. The van der Waals surface area contributed by atoms with E-state index in [1.165, 1.54) is 12.8 Å². The SMILES string of the molecule is CCS(=O)(=O)c1cccc(-c2cnc3c(c2Cl)C2(CCCC2)CN3)c1. The molecule has 1 aliphatic carbocycles. The maximum Gasteiger partial charge on any atom is 0.178 e. The van der Waals surface area contributed by atoms with Crippen molar-refractivity contribution in [3.63, 3.8) is 0 Å². The summed E-state index contributed by atoms with van der Waals surface area (Å²) in [5.41, 5.74) is 2.81. The van der Waals surface area contributed by atoms with Crippen LogP contribution in [0.1, 0.15) is 38.2 Å². The summed E-state index contributed by atoms with van der Waals surface area (Å²) in [5.74, 6) is 0.965. The zero-order valence-electron chi connectivity index (χ0n) is 14.2. The van der Waals surface area contributed by atoms with Crippen molar-refractivity contribution in [3.8, 4) is 11.1 Å². The highest BCUT2D eigenvalue weighted by Crippen LogP contribution is 2.51. The summed E-state index contributed by atoms with van der Waals surface area (Å²) >= 11 is 6.83. The summed E-state index contributed by atoms with van der Waals surface area (Å²) in [6.07, 6.45) is 6.43. The fraction of sp³-hybridized carbons (Fsp3) is 0.421. The Labute approximate surface area is 153 Å². The van der Waals surface area contributed by atoms with Gasteiger partial charge in [-0.05, 0) is 30.5 Å². The lowest BCUT2D eigenvalue weighted by molar-refractivity contribution is 0.489. The number of halogens is 1. The average Bonchev–Trinajstić information content (AvgIpc) is 3.24. The van der Waals surface area contributed by atoms with Crippen molar-refractivity contribution in [2.24, 2.45) is 0 Å². The number of hydrogen-bond acceptors (Lipinski definition) is 4. The van der Waals surface area contributed by atoms with Gasteiger partial charge in [-0.25, -0.2) is 13.4 Å². The number of nitrogens with one attached hydrogen (secondary N) is 1. The lowest BCUT2D eigenvalue weighted by Gasteiger charge is -2.24. The predicted octanol–water partition coefficient (Wildman–Crippen LogP) is 4.43. The van der Waals surface area contributed by atoms with Crippen molar-refractivity contribution in [2.75, 3.05) is 17.6 Å². The average molecular weight is 377 g/mol. The van der Waals surface area contributed by atoms with Gasteiger partial charge in [0.1, 0.15) is 5.82 Å². The molecule has 132 valence electrons. The van der Waals surface area contributed by atoms with Crippen molar-refractivity contribution in [3.05, 3.63) is 41.0 Å². The molecule has 2 aromatic rings. The largest absolute Gasteiger partial charge is 0.369 e. The van der Waals surface area contributed by atoms with Gasteiger partial charge >= 0.3 is 0 Å². The molecule has 1 spiro atoms. The van der Waals surface area contributed by atoms with E-state index >= 15 is 0 Å². The third kappa shape index (κ3) is 2.64. The number of fused-ring (bicyclic) bond motifs is 2. The molecule has 1 N–H and O–H groups in total. The minimum absolute atomic E-state index is 0.0830. The van der Waals surface area contributed by atoms with Crippen LogP contribution >= 0.6 is 11.6 Å². The van der Waals surface area contributed by atoms with Gasteiger partial charge in [-0.15, -0.1) is 0 Å². The summed E-state index contributed by atoms with van der Waals surface area (Å²) in [7, 11) is -3.25. The van der Waals surface area contributed by atoms with Crippen LogP contribution in [0.2, 0.25) is 5.02 Å². The van der Waals surface area contributed by atoms with Crippen LogP contribution in [0.15, 0.2) is 35.4 Å². The lowest BCUT2D eigenvalue weighted by Crippen LogP contribution is -2.24. The van der Waals surface area contributed by atoms with Gasteiger partial charge in [-0.1, -0.05) is 43.5 Å². The Morgan fingerprint density at radius 2 is 2.04 bits per heavy atom. The molecule has 4 rings (SSSR count). The second-order valence-corrected chi connectivity index (χ2v) is 9.64. The molecule has 1 saturated carbocycles. The molecule has 25 heavy (non-hydrogen) atoms. The van der Waals surface area contributed by atoms with Crippen LogP contribution in [0, 0.1) is 0 Å². The van der Waals surface area contributed by atoms with Gasteiger partial charge < -0.3 is 5.32 Å². The van der Waals surface area contributed by atoms with E-state index in [0.29, 0.717) is 9.92 Å². The Hall–Kier alpha value is -1.59. The summed E-state index contributed by atoms with van der Waals surface area (Å²) in [4.78, 5) is 4.91. The standard InChI is InChI=1S/C19H21ClN2O2S/c1-2-25(23,24)14-7-5-6-13(10-14)15-11-21-18-16(17(15)20)19(12-22-18)8-3-4-9-19/h5-7,10-11H,2-4,8-9,12H2,1H3,(H,21,22). The van der Waals surface area contributed by atoms with Gasteiger partial charge in [-0.3, -0.25) is 0 Å². The fourth-order valence-corrected chi connectivity index (χ4v) is 5.53. The third-order valence-electron chi connectivity index (χ3n) is 5.58. The fourth-order valence-electron chi connectivity index (χ4n) is 4.15. The first kappa shape index (κ1) is 16.9. The predicted molar refractivity (Wildman–Crippen MR) is 101 cm³/mol. The molecule has 0 atom stereocenters. The Bertz CT molecular complexity index is 934. The van der Waals surface area contributed by atoms with Gasteiger partial charge in [0.25, 0.3) is 0 Å². The Balaban J connectivity index is 1.85. The molecule has 2 heterocycles. The molecule has 2 aliphatic rings. The monoisotopic (exact) mass is 376 g/mol. The van der Waals surface area contributed by atoms with Crippen LogP contribution in [-0.2, 0) is 15.3 Å². The highest BCUT2D eigenvalue weighted by molar-refractivity contribution is 7.91. The highest BCUT2D eigenvalue weighted by atomic mass is 35.5. The van der Waals surface area contributed by atoms with Crippen LogP contribution in [0.3, 0.4) is 0 Å². The van der Waals surface area contributed by atoms with Crippen LogP contribution in [-0.4, -0.2) is 25.7 Å². The van der Waals surface area contributed by atoms with Gasteiger partial charge in [-0.2, -0.15) is 0 Å². The van der Waals surface area contributed by atoms with Crippen LogP contribution in [0.25, 0.3) is 11.1 Å². The van der Waals surface area contributed by atoms with E-state index in [4.69, 9.17) is 11.6 Å². The van der Waals surface area contributed by atoms with E-state index in [0.717, 1.165) is 41.9 Å². The van der Waals surface area contributed by atoms with E-state index in [1.807, 2.05) is 6.07 Å². The first-order valence-corrected chi connectivity index (χ1v) is 10.8. The van der Waals surface area contributed by atoms with Crippen LogP contribution < -0.4 is 5.32 Å². The number of benzene rings is 1. The molecule has 1 aromatic heterocycles. The molecule has 0 amide bonds. The molecule has 1 aromatic carbocycles. The zero-order valence-corrected chi connectivity index (χ0v) is 15.8. The van der Waals surface area contributed by atoms with E-state index in [1.54, 1.807) is 31.3 Å². The lowest BCUT2D eigenvalue weighted by atomic mass is 9.80. The van der Waals surface area contributed by atoms with Gasteiger partial charge in [0.15, 0.2) is 9.84 Å². The normalized spacial score (nSPS) is 18.3. The molecule has 0 bridgehead atoms. The summed E-state index contributed by atoms with van der Waals surface area (Å²) < 4.78 is 24.4. The first-order valence-electron chi connectivity index (χ1n) is 8.73. The Morgan fingerprint density at radius 3 is 2.76 bits per heavy atom. The molecular formula is C19H21ClN2O2S. The van der Waals surface area contributed by atoms with Crippen LogP contribution in [0.4, 0.5) is 5.82 Å². The molecular weight excluding hydrogens is 356 g/mol. The highest BCUT2D eigenvalue weighted by Gasteiger charge is 2.44. The number of anilines is 1. The topological polar surface area (TPSA) is 59.1 Å². The minimum Gasteiger partial charge on any atom is -0.369 e. The van der Waals surface area contributed by atoms with Crippen molar-refractivity contribution in [2.45, 2.75) is 42.9 Å². The zero-order chi connectivity index (χ0) is 17.7. The number of hydrogen-bond donors (Lipinski definition) is 1. The Kier molecular flexibility index (Phi) is 4.04. The maximum atomic E-state index is 12.2. The molecule has 1 fully saturated rings. The first-order chi connectivity index (χ1) is 12.0. The van der Waals surface area contributed by atoms with Crippen molar-refractivity contribution in [1.29, 1.82) is 0 Å². The van der Waals surface area contributed by atoms with Crippen molar-refractivity contribution < 1.29 is 8.42 Å². The Morgan fingerprint density at radius 1 is 1.28 bits per heavy atom. The second-order valence-electron chi connectivity index (χ2n) is 6.98. The molecule has 6 heteroatoms. The number of rotatable bonds is 3. The van der Waals surface area contributed by atoms with E-state index < -0.39 is 9.84 Å². The van der Waals surface area contributed by atoms with Crippen molar-refractivity contribution >= 4 is 27.3 Å². The van der Waals surface area contributed by atoms with Gasteiger partial charge in [0, 0.05) is 29.3 Å². The maximum absolute atomic E-state index is 12.2. The van der Waals surface area contributed by atoms with Crippen molar-refractivity contribution in [1.82, 2.24) is 4.98 Å². The quantitative estimate of drug-likeness (QED) is 0.860. The number of sulfone groups is 1. The van der Waals surface area contributed by atoms with Gasteiger partial charge in [0.05, 0.1) is 15.7 Å². The molecule has 1 aliphatic heterocycles. The minimum atomic E-state index is -3.25. The third-order valence-corrected chi connectivity index (χ3v) is 7.71. The smallest absolute Gasteiger partial charge is 0.178 e. The van der Waals surface area contributed by atoms with Gasteiger partial charge in [0.2, 0.25) is 0 Å². The number of nitrogens with zero attached hydrogens (tertiary/aromatic N) is 1. The van der Waals surface area contributed by atoms with E-state index in [2.05, 4.69) is 10.3 Å². The van der Waals surface area contributed by atoms with E-state index in [-0.39, 0.29) is 11.2 Å².